The molecule has 0 N–H and O–H groups in total. The molecule has 1 aliphatic carbocycles. The maximum Gasteiger partial charge on any atom is 0.227 e. The molecule has 1 aromatic carbocycles. The Labute approximate surface area is 142 Å². The lowest BCUT2D eigenvalue weighted by Gasteiger charge is -2.37. The summed E-state index contributed by atoms with van der Waals surface area (Å²) < 4.78 is 0. The van der Waals surface area contributed by atoms with Crippen molar-refractivity contribution in [2.45, 2.75) is 37.8 Å². The lowest BCUT2D eigenvalue weighted by Crippen LogP contribution is -2.50. The van der Waals surface area contributed by atoms with Crippen molar-refractivity contribution in [3.63, 3.8) is 0 Å². The lowest BCUT2D eigenvalue weighted by atomic mass is 9.98. The van der Waals surface area contributed by atoms with Gasteiger partial charge in [0.15, 0.2) is 0 Å². The summed E-state index contributed by atoms with van der Waals surface area (Å²) in [6, 6.07) is 6.30. The van der Waals surface area contributed by atoms with E-state index in [0.29, 0.717) is 28.5 Å². The highest BCUT2D eigenvalue weighted by atomic mass is 35.5. The molecule has 1 saturated heterocycles. The fraction of sp³-hybridized carbons (Fsp3) is 0.588. The van der Waals surface area contributed by atoms with Gasteiger partial charge < -0.3 is 9.80 Å². The van der Waals surface area contributed by atoms with E-state index in [9.17, 15) is 4.79 Å². The molecule has 0 radical (unpaired) electrons. The van der Waals surface area contributed by atoms with Gasteiger partial charge in [-0.3, -0.25) is 4.79 Å². The van der Waals surface area contributed by atoms with Crippen molar-refractivity contribution >= 4 is 29.1 Å². The zero-order chi connectivity index (χ0) is 15.9. The second-order valence-corrected chi connectivity index (χ2v) is 7.55. The normalized spacial score (nSPS) is 27.5. The quantitative estimate of drug-likeness (QED) is 0.840. The molecule has 0 spiro atoms. The number of hydrogen-bond donors (Lipinski definition) is 0. The Balaban J connectivity index is 1.72. The number of piperidine rings is 1. The number of likely N-dealkylation sites (tertiary alicyclic amines) is 1. The number of carbonyl (C=O) groups is 1. The first-order chi connectivity index (χ1) is 10.5. The van der Waals surface area contributed by atoms with Gasteiger partial charge in [-0.2, -0.15) is 0 Å². The van der Waals surface area contributed by atoms with Crippen LogP contribution in [0.25, 0.3) is 0 Å². The second kappa shape index (κ2) is 6.38. The van der Waals surface area contributed by atoms with E-state index in [2.05, 4.69) is 23.9 Å². The van der Waals surface area contributed by atoms with E-state index >= 15 is 0 Å². The summed E-state index contributed by atoms with van der Waals surface area (Å²) in [7, 11) is 4.24. The molecule has 3 atom stereocenters. The van der Waals surface area contributed by atoms with Crippen LogP contribution >= 0.6 is 23.2 Å². The lowest BCUT2D eigenvalue weighted by molar-refractivity contribution is -0.134. The van der Waals surface area contributed by atoms with Crippen molar-refractivity contribution in [1.82, 2.24) is 9.80 Å². The fourth-order valence-corrected chi connectivity index (χ4v) is 4.26. The molecule has 2 fully saturated rings. The van der Waals surface area contributed by atoms with Crippen molar-refractivity contribution in [2.75, 3.05) is 20.6 Å². The highest BCUT2D eigenvalue weighted by Gasteiger charge is 2.43. The molecule has 120 valence electrons. The average Bonchev–Trinajstić information content (AvgIpc) is 2.80. The van der Waals surface area contributed by atoms with Crippen LogP contribution in [0.15, 0.2) is 18.2 Å². The third-order valence-electron chi connectivity index (χ3n) is 5.10. The summed E-state index contributed by atoms with van der Waals surface area (Å²) in [6.45, 7) is 0.889. The second-order valence-electron chi connectivity index (χ2n) is 6.74. The number of carbonyl (C=O) groups excluding carboxylic acids is 1. The van der Waals surface area contributed by atoms with Crippen LogP contribution in [0, 0.1) is 5.92 Å². The Morgan fingerprint density at radius 3 is 2.73 bits per heavy atom. The molecular formula is C17H22Cl2N2O. The molecule has 2 bridgehead atoms. The van der Waals surface area contributed by atoms with Gasteiger partial charge in [0.25, 0.3) is 0 Å². The fourth-order valence-electron chi connectivity index (χ4n) is 3.94. The van der Waals surface area contributed by atoms with Gasteiger partial charge in [-0.15, -0.1) is 0 Å². The standard InChI is InChI=1S/C17H22Cl2N2O/c1-20(2)15-8-12-5-6-21(16(15)9-12)17(22)10-11-3-4-13(18)14(19)7-11/h3-4,7,12,15-16H,5-6,8-10H2,1-2H3/t12-,15+,16-/m1/s1. The van der Waals surface area contributed by atoms with E-state index < -0.39 is 0 Å². The molecule has 3 rings (SSSR count). The van der Waals surface area contributed by atoms with Crippen molar-refractivity contribution in [2.24, 2.45) is 5.92 Å². The van der Waals surface area contributed by atoms with Crippen LogP contribution in [-0.4, -0.2) is 48.4 Å². The number of fused-ring (bicyclic) bond motifs is 2. The highest BCUT2D eigenvalue weighted by molar-refractivity contribution is 6.42. The molecule has 5 heteroatoms. The Hall–Kier alpha value is -0.770. The minimum absolute atomic E-state index is 0.204. The van der Waals surface area contributed by atoms with Crippen molar-refractivity contribution in [1.29, 1.82) is 0 Å². The first-order valence-corrected chi connectivity index (χ1v) is 8.61. The van der Waals surface area contributed by atoms with Crippen LogP contribution in [0.5, 0.6) is 0 Å². The van der Waals surface area contributed by atoms with Crippen LogP contribution < -0.4 is 0 Å². The topological polar surface area (TPSA) is 23.6 Å². The molecule has 1 aliphatic heterocycles. The van der Waals surface area contributed by atoms with Crippen LogP contribution in [0.3, 0.4) is 0 Å². The predicted octanol–water partition coefficient (Wildman–Crippen LogP) is 3.48. The molecule has 1 aromatic rings. The Morgan fingerprint density at radius 2 is 2.05 bits per heavy atom. The maximum atomic E-state index is 12.8. The number of amides is 1. The Kier molecular flexibility index (Phi) is 4.67. The predicted molar refractivity (Wildman–Crippen MR) is 90.5 cm³/mol. The molecule has 1 saturated carbocycles. The molecule has 3 nitrogen and oxygen atoms in total. The third kappa shape index (κ3) is 3.12. The number of rotatable bonds is 3. The summed E-state index contributed by atoms with van der Waals surface area (Å²) >= 11 is 12.0. The molecule has 0 aromatic heterocycles. The van der Waals surface area contributed by atoms with Gasteiger partial charge in [0.1, 0.15) is 0 Å². The first-order valence-electron chi connectivity index (χ1n) is 7.85. The highest BCUT2D eigenvalue weighted by Crippen LogP contribution is 2.39. The van der Waals surface area contributed by atoms with E-state index in [-0.39, 0.29) is 5.91 Å². The van der Waals surface area contributed by atoms with E-state index in [1.807, 2.05) is 6.07 Å². The summed E-state index contributed by atoms with van der Waals surface area (Å²) in [5, 5.41) is 1.04. The zero-order valence-electron chi connectivity index (χ0n) is 13.1. The monoisotopic (exact) mass is 340 g/mol. The van der Waals surface area contributed by atoms with Crippen LogP contribution in [0.2, 0.25) is 10.0 Å². The van der Waals surface area contributed by atoms with Gasteiger partial charge >= 0.3 is 0 Å². The van der Waals surface area contributed by atoms with Gasteiger partial charge in [0.2, 0.25) is 5.91 Å². The minimum Gasteiger partial charge on any atom is -0.338 e. The average molecular weight is 341 g/mol. The minimum atomic E-state index is 0.204. The van der Waals surface area contributed by atoms with E-state index in [0.717, 1.165) is 30.9 Å². The van der Waals surface area contributed by atoms with Gasteiger partial charge in [0, 0.05) is 18.6 Å². The summed E-state index contributed by atoms with van der Waals surface area (Å²) in [6.07, 6.45) is 3.90. The van der Waals surface area contributed by atoms with Crippen LogP contribution in [0.4, 0.5) is 0 Å². The van der Waals surface area contributed by atoms with Crippen molar-refractivity contribution in [3.05, 3.63) is 33.8 Å². The molecule has 2 aliphatic rings. The van der Waals surface area contributed by atoms with E-state index in [1.54, 1.807) is 12.1 Å². The number of nitrogens with zero attached hydrogens (tertiary/aromatic N) is 2. The smallest absolute Gasteiger partial charge is 0.227 e. The summed E-state index contributed by atoms with van der Waals surface area (Å²) in [5.41, 5.74) is 0.931. The van der Waals surface area contributed by atoms with Crippen molar-refractivity contribution in [3.8, 4) is 0 Å². The van der Waals surface area contributed by atoms with E-state index in [1.165, 1.54) is 6.42 Å². The van der Waals surface area contributed by atoms with Crippen LogP contribution in [0.1, 0.15) is 24.8 Å². The van der Waals surface area contributed by atoms with Gasteiger partial charge in [0.05, 0.1) is 16.5 Å². The van der Waals surface area contributed by atoms with Gasteiger partial charge in [-0.1, -0.05) is 29.3 Å². The van der Waals surface area contributed by atoms with Gasteiger partial charge in [-0.25, -0.2) is 0 Å². The number of hydrogen-bond acceptors (Lipinski definition) is 2. The molecule has 1 amide bonds. The third-order valence-corrected chi connectivity index (χ3v) is 5.83. The van der Waals surface area contributed by atoms with E-state index in [4.69, 9.17) is 23.2 Å². The first kappa shape index (κ1) is 16.1. The molecule has 22 heavy (non-hydrogen) atoms. The Morgan fingerprint density at radius 1 is 1.27 bits per heavy atom. The molecule has 1 heterocycles. The number of benzene rings is 1. The molecular weight excluding hydrogens is 319 g/mol. The summed E-state index contributed by atoms with van der Waals surface area (Å²) in [5.74, 6) is 0.988. The van der Waals surface area contributed by atoms with Gasteiger partial charge in [-0.05, 0) is 57.0 Å². The number of halogens is 2. The zero-order valence-corrected chi connectivity index (χ0v) is 14.6. The maximum absolute atomic E-state index is 12.8. The SMILES string of the molecule is CN(C)[C@H]1C[C@H]2CCN(C(=O)Cc3ccc(Cl)c(Cl)c3)[C@@H]1C2. The Bertz CT molecular complexity index is 576. The van der Waals surface area contributed by atoms with Crippen LogP contribution in [-0.2, 0) is 11.2 Å². The number of likely N-dealkylation sites (N-methyl/N-ethyl adjacent to an activating group) is 1. The summed E-state index contributed by atoms with van der Waals surface area (Å²) in [4.78, 5) is 17.1. The van der Waals surface area contributed by atoms with Crippen molar-refractivity contribution < 1.29 is 4.79 Å². The molecule has 0 unspecified atom stereocenters. The largest absolute Gasteiger partial charge is 0.338 e.